The Labute approximate surface area is 99.8 Å². The maximum absolute atomic E-state index is 12.1. The molecule has 2 heteroatoms. The fourth-order valence-corrected chi connectivity index (χ4v) is 2.33. The second-order valence-electron chi connectivity index (χ2n) is 5.08. The summed E-state index contributed by atoms with van der Waals surface area (Å²) >= 11 is 0. The van der Waals surface area contributed by atoms with Gasteiger partial charge in [-0.1, -0.05) is 39.5 Å². The zero-order valence-corrected chi connectivity index (χ0v) is 11.0. The van der Waals surface area contributed by atoms with Crippen molar-refractivity contribution in [1.82, 2.24) is 0 Å². The minimum atomic E-state index is -0.101. The highest BCUT2D eigenvalue weighted by molar-refractivity contribution is 5.84. The summed E-state index contributed by atoms with van der Waals surface area (Å²) in [5.41, 5.74) is 0. The quantitative estimate of drug-likeness (QED) is 0.600. The highest BCUT2D eigenvalue weighted by Gasteiger charge is 2.36. The number of hydrogen-bond donors (Lipinski definition) is 0. The first kappa shape index (κ1) is 13.7. The average molecular weight is 226 g/mol. The number of carbonyl (C=O) groups is 1. The summed E-state index contributed by atoms with van der Waals surface area (Å²) in [5, 5.41) is 0. The number of methoxy groups -OCH3 is 1. The Morgan fingerprint density at radius 1 is 1.38 bits per heavy atom. The molecular formula is C14H26O2. The Morgan fingerprint density at radius 3 is 2.50 bits per heavy atom. The van der Waals surface area contributed by atoms with Crippen LogP contribution in [0.4, 0.5) is 0 Å². The molecule has 0 saturated heterocycles. The van der Waals surface area contributed by atoms with E-state index in [4.69, 9.17) is 4.74 Å². The smallest absolute Gasteiger partial charge is 0.162 e. The first-order chi connectivity index (χ1) is 7.72. The van der Waals surface area contributed by atoms with Gasteiger partial charge in [-0.2, -0.15) is 0 Å². The Kier molecular flexibility index (Phi) is 6.04. The maximum atomic E-state index is 12.1. The van der Waals surface area contributed by atoms with Gasteiger partial charge in [0.1, 0.15) is 6.10 Å². The molecule has 0 bridgehead atoms. The van der Waals surface area contributed by atoms with Crippen LogP contribution in [0.25, 0.3) is 0 Å². The maximum Gasteiger partial charge on any atom is 0.162 e. The predicted octanol–water partition coefficient (Wildman–Crippen LogP) is 3.59. The lowest BCUT2D eigenvalue weighted by molar-refractivity contribution is -0.131. The van der Waals surface area contributed by atoms with E-state index in [0.717, 1.165) is 12.8 Å². The van der Waals surface area contributed by atoms with Crippen molar-refractivity contribution in [3.05, 3.63) is 0 Å². The van der Waals surface area contributed by atoms with Crippen LogP contribution in [-0.2, 0) is 9.53 Å². The first-order valence-corrected chi connectivity index (χ1v) is 6.78. The van der Waals surface area contributed by atoms with Crippen LogP contribution < -0.4 is 0 Å². The fraction of sp³-hybridized carbons (Fsp3) is 0.929. The molecule has 1 fully saturated rings. The van der Waals surface area contributed by atoms with Gasteiger partial charge in [-0.3, -0.25) is 4.79 Å². The lowest BCUT2D eigenvalue weighted by Gasteiger charge is -2.18. The molecule has 2 atom stereocenters. The van der Waals surface area contributed by atoms with Gasteiger partial charge < -0.3 is 4.74 Å². The lowest BCUT2D eigenvalue weighted by Crippen LogP contribution is -2.27. The number of unbranched alkanes of at least 4 members (excludes halogenated alkanes) is 1. The monoisotopic (exact) mass is 226 g/mol. The number of rotatable bonds is 9. The molecule has 0 spiro atoms. The van der Waals surface area contributed by atoms with Gasteiger partial charge in [0.15, 0.2) is 5.78 Å². The molecule has 0 aliphatic heterocycles. The highest BCUT2D eigenvalue weighted by Crippen LogP contribution is 2.35. The van der Waals surface area contributed by atoms with E-state index >= 15 is 0 Å². The van der Waals surface area contributed by atoms with Crippen molar-refractivity contribution in [3.63, 3.8) is 0 Å². The molecule has 2 unspecified atom stereocenters. The van der Waals surface area contributed by atoms with Crippen molar-refractivity contribution in [2.75, 3.05) is 7.11 Å². The predicted molar refractivity (Wildman–Crippen MR) is 66.5 cm³/mol. The summed E-state index contributed by atoms with van der Waals surface area (Å²) in [7, 11) is 1.67. The van der Waals surface area contributed by atoms with Crippen molar-refractivity contribution < 1.29 is 9.53 Å². The highest BCUT2D eigenvalue weighted by atomic mass is 16.5. The van der Waals surface area contributed by atoms with E-state index in [2.05, 4.69) is 13.8 Å². The molecule has 0 amide bonds. The van der Waals surface area contributed by atoms with Crippen LogP contribution in [0.15, 0.2) is 0 Å². The summed E-state index contributed by atoms with van der Waals surface area (Å²) < 4.78 is 5.34. The molecule has 0 heterocycles. The van der Waals surface area contributed by atoms with Crippen molar-refractivity contribution in [2.24, 2.45) is 11.8 Å². The second-order valence-corrected chi connectivity index (χ2v) is 5.08. The summed E-state index contributed by atoms with van der Waals surface area (Å²) in [6.07, 6.45) is 7.76. The molecular weight excluding hydrogens is 200 g/mol. The van der Waals surface area contributed by atoms with E-state index in [1.165, 1.54) is 32.1 Å². The molecule has 16 heavy (non-hydrogen) atoms. The number of ether oxygens (including phenoxy) is 1. The van der Waals surface area contributed by atoms with Crippen LogP contribution in [-0.4, -0.2) is 19.0 Å². The summed E-state index contributed by atoms with van der Waals surface area (Å²) in [4.78, 5) is 12.1. The normalized spacial score (nSPS) is 19.4. The molecule has 0 N–H and O–H groups in total. The molecule has 0 aromatic heterocycles. The molecule has 2 nitrogen and oxygen atoms in total. The Morgan fingerprint density at radius 2 is 2.06 bits per heavy atom. The average Bonchev–Trinajstić information content (AvgIpc) is 3.09. The Bertz CT molecular complexity index is 209. The van der Waals surface area contributed by atoms with E-state index in [1.54, 1.807) is 7.11 Å². The van der Waals surface area contributed by atoms with Gasteiger partial charge in [0, 0.05) is 13.5 Å². The topological polar surface area (TPSA) is 26.3 Å². The van der Waals surface area contributed by atoms with Crippen LogP contribution in [0.2, 0.25) is 0 Å². The van der Waals surface area contributed by atoms with Gasteiger partial charge >= 0.3 is 0 Å². The van der Waals surface area contributed by atoms with Gasteiger partial charge in [-0.15, -0.1) is 0 Å². The summed E-state index contributed by atoms with van der Waals surface area (Å²) in [5.74, 6) is 1.44. The van der Waals surface area contributed by atoms with Gasteiger partial charge in [-0.05, 0) is 24.7 Å². The minimum Gasteiger partial charge on any atom is -0.373 e. The number of ketones is 1. The summed E-state index contributed by atoms with van der Waals surface area (Å²) in [6, 6.07) is 0. The third kappa shape index (κ3) is 4.25. The number of hydrogen-bond acceptors (Lipinski definition) is 2. The molecule has 1 saturated carbocycles. The van der Waals surface area contributed by atoms with Crippen LogP contribution in [0.3, 0.4) is 0 Å². The van der Waals surface area contributed by atoms with Gasteiger partial charge in [0.2, 0.25) is 0 Å². The van der Waals surface area contributed by atoms with E-state index in [1.807, 2.05) is 0 Å². The van der Waals surface area contributed by atoms with Gasteiger partial charge in [-0.25, -0.2) is 0 Å². The molecule has 0 aromatic rings. The van der Waals surface area contributed by atoms with Crippen LogP contribution in [0.5, 0.6) is 0 Å². The van der Waals surface area contributed by atoms with Crippen molar-refractivity contribution in [3.8, 4) is 0 Å². The molecule has 1 aliphatic rings. The standard InChI is InChI=1S/C14H26O2/c1-4-6-7-11(5-2)10-13(15)14(16-3)12-8-9-12/h11-12,14H,4-10H2,1-3H3. The Balaban J connectivity index is 2.34. The lowest BCUT2D eigenvalue weighted by atomic mass is 9.91. The molecule has 0 aromatic carbocycles. The number of Topliss-reactive ketones (excluding diaryl/α,β-unsaturated/α-hetero) is 1. The van der Waals surface area contributed by atoms with E-state index in [-0.39, 0.29) is 6.10 Å². The van der Waals surface area contributed by atoms with E-state index in [9.17, 15) is 4.79 Å². The van der Waals surface area contributed by atoms with Crippen molar-refractivity contribution >= 4 is 5.78 Å². The molecule has 0 radical (unpaired) electrons. The zero-order valence-electron chi connectivity index (χ0n) is 11.0. The zero-order chi connectivity index (χ0) is 12.0. The third-order valence-electron chi connectivity index (χ3n) is 3.65. The van der Waals surface area contributed by atoms with Crippen molar-refractivity contribution in [2.45, 2.75) is 64.9 Å². The first-order valence-electron chi connectivity index (χ1n) is 6.78. The Hall–Kier alpha value is -0.370. The number of carbonyl (C=O) groups excluding carboxylic acids is 1. The largest absolute Gasteiger partial charge is 0.373 e. The van der Waals surface area contributed by atoms with Crippen molar-refractivity contribution in [1.29, 1.82) is 0 Å². The van der Waals surface area contributed by atoms with Gasteiger partial charge in [0.25, 0.3) is 0 Å². The van der Waals surface area contributed by atoms with E-state index < -0.39 is 0 Å². The SMILES string of the molecule is CCCCC(CC)CC(=O)C(OC)C1CC1. The molecule has 94 valence electrons. The summed E-state index contributed by atoms with van der Waals surface area (Å²) in [6.45, 7) is 4.39. The van der Waals surface area contributed by atoms with Crippen LogP contribution >= 0.6 is 0 Å². The van der Waals surface area contributed by atoms with Crippen LogP contribution in [0.1, 0.15) is 58.8 Å². The van der Waals surface area contributed by atoms with E-state index in [0.29, 0.717) is 17.6 Å². The molecule has 1 aliphatic carbocycles. The van der Waals surface area contributed by atoms with Crippen LogP contribution in [0, 0.1) is 11.8 Å². The fourth-order valence-electron chi connectivity index (χ4n) is 2.33. The third-order valence-corrected chi connectivity index (χ3v) is 3.65. The van der Waals surface area contributed by atoms with Gasteiger partial charge in [0.05, 0.1) is 0 Å². The minimum absolute atomic E-state index is 0.101. The molecule has 1 rings (SSSR count). The second kappa shape index (κ2) is 7.05.